The molecule has 0 saturated heterocycles. The van der Waals surface area contributed by atoms with Crippen LogP contribution in [0.1, 0.15) is 30.9 Å². The third-order valence-electron chi connectivity index (χ3n) is 5.08. The van der Waals surface area contributed by atoms with Gasteiger partial charge in [0.2, 0.25) is 0 Å². The van der Waals surface area contributed by atoms with Gasteiger partial charge in [-0.2, -0.15) is 0 Å². The standard InChI is InChI=1S/C20H24N6O2/c1-3-26(4-2)18-6-5-15(28-18)11-25-8-7-17-16(12-25)20(27)24-19(23-17)14-9-21-13-22-10-14/h5-6,9-10,13H,3-4,7-8,11-12H2,1-2H3,(H,23,24,27). The van der Waals surface area contributed by atoms with Gasteiger partial charge in [-0.15, -0.1) is 0 Å². The van der Waals surface area contributed by atoms with E-state index in [-0.39, 0.29) is 5.56 Å². The summed E-state index contributed by atoms with van der Waals surface area (Å²) in [5.41, 5.74) is 2.19. The predicted octanol–water partition coefficient (Wildman–Crippen LogP) is 2.22. The molecule has 0 fully saturated rings. The van der Waals surface area contributed by atoms with Crippen molar-refractivity contribution in [3.63, 3.8) is 0 Å². The first-order chi connectivity index (χ1) is 13.7. The van der Waals surface area contributed by atoms with E-state index in [1.807, 2.05) is 12.1 Å². The molecule has 0 aliphatic carbocycles. The van der Waals surface area contributed by atoms with E-state index in [0.717, 1.165) is 49.0 Å². The minimum Gasteiger partial charge on any atom is -0.444 e. The van der Waals surface area contributed by atoms with Crippen LogP contribution < -0.4 is 10.5 Å². The van der Waals surface area contributed by atoms with E-state index in [1.54, 1.807) is 12.4 Å². The van der Waals surface area contributed by atoms with Crippen molar-refractivity contribution in [2.24, 2.45) is 0 Å². The lowest BCUT2D eigenvalue weighted by atomic mass is 10.1. The number of nitrogens with zero attached hydrogens (tertiary/aromatic N) is 5. The lowest BCUT2D eigenvalue weighted by molar-refractivity contribution is 0.223. The number of fused-ring (bicyclic) bond motifs is 1. The molecule has 0 aromatic carbocycles. The number of hydrogen-bond acceptors (Lipinski definition) is 7. The van der Waals surface area contributed by atoms with Crippen LogP contribution in [0.2, 0.25) is 0 Å². The molecule has 0 bridgehead atoms. The average molecular weight is 380 g/mol. The highest BCUT2D eigenvalue weighted by Gasteiger charge is 2.22. The fraction of sp³-hybridized carbons (Fsp3) is 0.400. The van der Waals surface area contributed by atoms with Gasteiger partial charge in [0, 0.05) is 51.1 Å². The van der Waals surface area contributed by atoms with Gasteiger partial charge in [0.15, 0.2) is 5.88 Å². The number of H-pyrrole nitrogens is 1. The SMILES string of the molecule is CCN(CC)c1ccc(CN2CCc3nc(-c4cncnc4)[nH]c(=O)c3C2)o1. The van der Waals surface area contributed by atoms with Crippen molar-refractivity contribution >= 4 is 5.88 Å². The maximum Gasteiger partial charge on any atom is 0.255 e. The van der Waals surface area contributed by atoms with Crippen LogP contribution in [-0.2, 0) is 19.5 Å². The number of rotatable bonds is 6. The maximum absolute atomic E-state index is 12.6. The van der Waals surface area contributed by atoms with Gasteiger partial charge >= 0.3 is 0 Å². The Labute approximate surface area is 163 Å². The molecular formula is C20H24N6O2. The Bertz CT molecular complexity index is 993. The van der Waals surface area contributed by atoms with E-state index in [1.165, 1.54) is 6.33 Å². The van der Waals surface area contributed by atoms with E-state index in [2.05, 4.69) is 43.6 Å². The predicted molar refractivity (Wildman–Crippen MR) is 106 cm³/mol. The molecule has 1 aliphatic heterocycles. The summed E-state index contributed by atoms with van der Waals surface area (Å²) in [4.78, 5) is 32.5. The Hall–Kier alpha value is -3.00. The van der Waals surface area contributed by atoms with Crippen LogP contribution >= 0.6 is 0 Å². The molecule has 4 heterocycles. The fourth-order valence-corrected chi connectivity index (χ4v) is 3.55. The number of aromatic amines is 1. The van der Waals surface area contributed by atoms with Gasteiger partial charge in [-0.25, -0.2) is 15.0 Å². The molecule has 0 radical (unpaired) electrons. The van der Waals surface area contributed by atoms with E-state index >= 15 is 0 Å². The number of furan rings is 1. The van der Waals surface area contributed by atoms with Crippen LogP contribution in [0.25, 0.3) is 11.4 Å². The molecule has 0 atom stereocenters. The molecule has 8 heteroatoms. The van der Waals surface area contributed by atoms with Crippen LogP contribution in [0.3, 0.4) is 0 Å². The molecular weight excluding hydrogens is 356 g/mol. The molecule has 1 aliphatic rings. The smallest absolute Gasteiger partial charge is 0.255 e. The normalized spacial score (nSPS) is 14.1. The van der Waals surface area contributed by atoms with Gasteiger partial charge in [-0.3, -0.25) is 9.69 Å². The van der Waals surface area contributed by atoms with Crippen LogP contribution in [-0.4, -0.2) is 44.5 Å². The molecule has 0 amide bonds. The van der Waals surface area contributed by atoms with Gasteiger partial charge in [-0.05, 0) is 19.9 Å². The van der Waals surface area contributed by atoms with Gasteiger partial charge in [-0.1, -0.05) is 0 Å². The summed E-state index contributed by atoms with van der Waals surface area (Å²) in [5.74, 6) is 2.33. The highest BCUT2D eigenvalue weighted by Crippen LogP contribution is 2.22. The van der Waals surface area contributed by atoms with Crippen LogP contribution in [0.4, 0.5) is 5.88 Å². The largest absolute Gasteiger partial charge is 0.444 e. The van der Waals surface area contributed by atoms with Gasteiger partial charge in [0.05, 0.1) is 23.4 Å². The Morgan fingerprint density at radius 2 is 2.00 bits per heavy atom. The third-order valence-corrected chi connectivity index (χ3v) is 5.08. The topological polar surface area (TPSA) is 91.2 Å². The van der Waals surface area contributed by atoms with Gasteiger partial charge < -0.3 is 14.3 Å². The van der Waals surface area contributed by atoms with Crippen molar-refractivity contribution in [1.82, 2.24) is 24.8 Å². The number of aromatic nitrogens is 4. The molecule has 0 saturated carbocycles. The number of nitrogens with one attached hydrogen (secondary N) is 1. The average Bonchev–Trinajstić information content (AvgIpc) is 3.18. The van der Waals surface area contributed by atoms with Crippen LogP contribution in [0.15, 0.2) is 40.1 Å². The summed E-state index contributed by atoms with van der Waals surface area (Å²) in [5, 5.41) is 0. The van der Waals surface area contributed by atoms with Crippen LogP contribution in [0.5, 0.6) is 0 Å². The van der Waals surface area contributed by atoms with Crippen molar-refractivity contribution in [3.05, 3.63) is 58.2 Å². The highest BCUT2D eigenvalue weighted by atomic mass is 16.4. The lowest BCUT2D eigenvalue weighted by Crippen LogP contribution is -2.35. The van der Waals surface area contributed by atoms with E-state index < -0.39 is 0 Å². The molecule has 28 heavy (non-hydrogen) atoms. The minimum absolute atomic E-state index is 0.100. The molecule has 1 N–H and O–H groups in total. The summed E-state index contributed by atoms with van der Waals surface area (Å²) in [6.07, 6.45) is 5.48. The van der Waals surface area contributed by atoms with Gasteiger partial charge in [0.1, 0.15) is 17.9 Å². The second kappa shape index (κ2) is 7.93. The Morgan fingerprint density at radius 3 is 2.75 bits per heavy atom. The van der Waals surface area contributed by atoms with E-state index in [9.17, 15) is 4.79 Å². The second-order valence-electron chi connectivity index (χ2n) is 6.84. The first-order valence-corrected chi connectivity index (χ1v) is 9.61. The maximum atomic E-state index is 12.6. The molecule has 8 nitrogen and oxygen atoms in total. The summed E-state index contributed by atoms with van der Waals surface area (Å²) >= 11 is 0. The monoisotopic (exact) mass is 380 g/mol. The quantitative estimate of drug-likeness (QED) is 0.701. The first-order valence-electron chi connectivity index (χ1n) is 9.61. The molecule has 3 aromatic heterocycles. The molecule has 0 spiro atoms. The zero-order valence-electron chi connectivity index (χ0n) is 16.2. The van der Waals surface area contributed by atoms with E-state index in [4.69, 9.17) is 4.42 Å². The van der Waals surface area contributed by atoms with Crippen molar-refractivity contribution in [1.29, 1.82) is 0 Å². The van der Waals surface area contributed by atoms with Gasteiger partial charge in [0.25, 0.3) is 5.56 Å². The van der Waals surface area contributed by atoms with Crippen LogP contribution in [0, 0.1) is 0 Å². The summed E-state index contributed by atoms with van der Waals surface area (Å²) in [6, 6.07) is 4.03. The van der Waals surface area contributed by atoms with Crippen molar-refractivity contribution in [2.45, 2.75) is 33.4 Å². The Balaban J connectivity index is 1.50. The fourth-order valence-electron chi connectivity index (χ4n) is 3.55. The molecule has 146 valence electrons. The second-order valence-corrected chi connectivity index (χ2v) is 6.84. The molecule has 3 aromatic rings. The zero-order valence-corrected chi connectivity index (χ0v) is 16.2. The van der Waals surface area contributed by atoms with Crippen molar-refractivity contribution in [2.75, 3.05) is 24.5 Å². The third kappa shape index (κ3) is 3.68. The highest BCUT2D eigenvalue weighted by molar-refractivity contribution is 5.52. The lowest BCUT2D eigenvalue weighted by Gasteiger charge is -2.27. The Morgan fingerprint density at radius 1 is 1.21 bits per heavy atom. The molecule has 4 rings (SSSR count). The zero-order chi connectivity index (χ0) is 19.5. The number of anilines is 1. The first kappa shape index (κ1) is 18.4. The van der Waals surface area contributed by atoms with E-state index in [0.29, 0.717) is 24.5 Å². The number of hydrogen-bond donors (Lipinski definition) is 1. The summed E-state index contributed by atoms with van der Waals surface area (Å²) < 4.78 is 5.99. The van der Waals surface area contributed by atoms with Crippen molar-refractivity contribution < 1.29 is 4.42 Å². The summed E-state index contributed by atoms with van der Waals surface area (Å²) in [7, 11) is 0. The van der Waals surface area contributed by atoms with Crippen molar-refractivity contribution in [3.8, 4) is 11.4 Å². The minimum atomic E-state index is -0.100. The summed E-state index contributed by atoms with van der Waals surface area (Å²) in [6.45, 7) is 8.12. The molecule has 0 unspecified atom stereocenters. The Kier molecular flexibility index (Phi) is 5.21.